The minimum Gasteiger partial charge on any atom is -0.289 e. The molecular weight excluding hydrogens is 256 g/mol. The smallest absolute Gasteiger partial charge is 0.172 e. The second-order valence-electron chi connectivity index (χ2n) is 3.41. The van der Waals surface area contributed by atoms with E-state index in [0.29, 0.717) is 17.3 Å². The van der Waals surface area contributed by atoms with Crippen LogP contribution in [0.3, 0.4) is 0 Å². The third-order valence-electron chi connectivity index (χ3n) is 2.23. The van der Waals surface area contributed by atoms with Crippen molar-refractivity contribution in [2.24, 2.45) is 0 Å². The molecule has 0 unspecified atom stereocenters. The van der Waals surface area contributed by atoms with Crippen LogP contribution in [0.15, 0.2) is 35.7 Å². The van der Waals surface area contributed by atoms with Crippen LogP contribution in [-0.2, 0) is 0 Å². The Kier molecular flexibility index (Phi) is 3.95. The zero-order chi connectivity index (χ0) is 13.0. The molecule has 0 aliphatic heterocycles. The molecule has 0 radical (unpaired) electrons. The van der Waals surface area contributed by atoms with Gasteiger partial charge in [-0.1, -0.05) is 17.8 Å². The van der Waals surface area contributed by atoms with Crippen LogP contribution in [0.4, 0.5) is 8.78 Å². The van der Waals surface area contributed by atoms with Gasteiger partial charge in [-0.25, -0.2) is 13.8 Å². The van der Waals surface area contributed by atoms with Crippen molar-refractivity contribution in [3.8, 4) is 11.8 Å². The van der Waals surface area contributed by atoms with E-state index in [2.05, 4.69) is 4.98 Å². The van der Waals surface area contributed by atoms with E-state index in [-0.39, 0.29) is 5.69 Å². The molecule has 1 aromatic heterocycles. The summed E-state index contributed by atoms with van der Waals surface area (Å²) in [6, 6.07) is 5.71. The van der Waals surface area contributed by atoms with E-state index >= 15 is 0 Å². The number of rotatable bonds is 4. The van der Waals surface area contributed by atoms with Gasteiger partial charge in [-0.05, 0) is 12.1 Å². The Bertz CT molecular complexity index is 569. The molecule has 2 aromatic rings. The van der Waals surface area contributed by atoms with Crippen molar-refractivity contribution in [1.29, 1.82) is 5.26 Å². The first-order valence-corrected chi connectivity index (χ1v) is 6.20. The fourth-order valence-corrected chi connectivity index (χ4v) is 2.28. The molecule has 0 atom stereocenters. The standard InChI is InChI=1S/C12H9F2N3S/c13-9-3-1-4-10(14)11(9)17-7-6-16-12(17)18-8-2-5-15/h1,3-4,6-7H,2,8H2. The molecule has 0 aliphatic rings. The van der Waals surface area contributed by atoms with Crippen molar-refractivity contribution in [3.05, 3.63) is 42.2 Å². The molecule has 3 nitrogen and oxygen atoms in total. The summed E-state index contributed by atoms with van der Waals surface area (Å²) in [6.07, 6.45) is 3.33. The molecular formula is C12H9F2N3S. The number of halogens is 2. The molecule has 0 N–H and O–H groups in total. The molecule has 0 amide bonds. The lowest BCUT2D eigenvalue weighted by molar-refractivity contribution is 0.563. The summed E-state index contributed by atoms with van der Waals surface area (Å²) in [5.74, 6) is -0.755. The van der Waals surface area contributed by atoms with Gasteiger partial charge in [0.05, 0.1) is 6.07 Å². The van der Waals surface area contributed by atoms with Gasteiger partial charge >= 0.3 is 0 Å². The predicted octanol–water partition coefficient (Wildman–Crippen LogP) is 3.16. The summed E-state index contributed by atoms with van der Waals surface area (Å²) in [5, 5.41) is 8.93. The number of imidazole rings is 1. The van der Waals surface area contributed by atoms with Crippen LogP contribution in [0.25, 0.3) is 5.69 Å². The molecule has 18 heavy (non-hydrogen) atoms. The Morgan fingerprint density at radius 3 is 2.72 bits per heavy atom. The number of hydrogen-bond acceptors (Lipinski definition) is 3. The van der Waals surface area contributed by atoms with Crippen molar-refractivity contribution >= 4 is 11.8 Å². The van der Waals surface area contributed by atoms with Crippen molar-refractivity contribution < 1.29 is 8.78 Å². The minimum atomic E-state index is -0.643. The fraction of sp³-hybridized carbons (Fsp3) is 0.167. The highest BCUT2D eigenvalue weighted by atomic mass is 32.2. The van der Waals surface area contributed by atoms with Crippen molar-refractivity contribution in [2.75, 3.05) is 5.75 Å². The molecule has 6 heteroatoms. The quantitative estimate of drug-likeness (QED) is 0.630. The van der Waals surface area contributed by atoms with Gasteiger partial charge in [0.2, 0.25) is 0 Å². The summed E-state index contributed by atoms with van der Waals surface area (Å²) in [4.78, 5) is 4.03. The molecule has 1 heterocycles. The van der Waals surface area contributed by atoms with Crippen LogP contribution >= 0.6 is 11.8 Å². The molecule has 2 rings (SSSR count). The zero-order valence-electron chi connectivity index (χ0n) is 9.31. The van der Waals surface area contributed by atoms with E-state index in [1.54, 1.807) is 0 Å². The average Bonchev–Trinajstić information content (AvgIpc) is 2.78. The summed E-state index contributed by atoms with van der Waals surface area (Å²) in [7, 11) is 0. The number of benzene rings is 1. The van der Waals surface area contributed by atoms with Gasteiger partial charge in [0, 0.05) is 24.6 Å². The highest BCUT2D eigenvalue weighted by Gasteiger charge is 2.14. The van der Waals surface area contributed by atoms with E-state index in [1.807, 2.05) is 6.07 Å². The van der Waals surface area contributed by atoms with E-state index in [9.17, 15) is 8.78 Å². The van der Waals surface area contributed by atoms with Crippen molar-refractivity contribution in [2.45, 2.75) is 11.6 Å². The highest BCUT2D eigenvalue weighted by Crippen LogP contribution is 2.24. The van der Waals surface area contributed by atoms with Crippen molar-refractivity contribution in [3.63, 3.8) is 0 Å². The van der Waals surface area contributed by atoms with Crippen LogP contribution in [0.2, 0.25) is 0 Å². The number of nitrogens with zero attached hydrogens (tertiary/aromatic N) is 3. The first kappa shape index (κ1) is 12.6. The van der Waals surface area contributed by atoms with Gasteiger partial charge in [-0.15, -0.1) is 0 Å². The average molecular weight is 265 g/mol. The van der Waals surface area contributed by atoms with Crippen LogP contribution in [-0.4, -0.2) is 15.3 Å². The van der Waals surface area contributed by atoms with Crippen LogP contribution in [0.1, 0.15) is 6.42 Å². The Morgan fingerprint density at radius 2 is 2.06 bits per heavy atom. The normalized spacial score (nSPS) is 10.3. The maximum absolute atomic E-state index is 13.6. The van der Waals surface area contributed by atoms with Crippen LogP contribution < -0.4 is 0 Å². The molecule has 0 saturated carbocycles. The maximum Gasteiger partial charge on any atom is 0.172 e. The predicted molar refractivity (Wildman–Crippen MR) is 64.4 cm³/mol. The molecule has 0 saturated heterocycles. The van der Waals surface area contributed by atoms with E-state index < -0.39 is 11.6 Å². The topological polar surface area (TPSA) is 41.6 Å². The lowest BCUT2D eigenvalue weighted by atomic mass is 10.3. The fourth-order valence-electron chi connectivity index (χ4n) is 1.47. The third kappa shape index (κ3) is 2.51. The molecule has 0 fully saturated rings. The Morgan fingerprint density at radius 1 is 1.33 bits per heavy atom. The van der Waals surface area contributed by atoms with Gasteiger partial charge in [0.1, 0.15) is 17.3 Å². The van der Waals surface area contributed by atoms with Gasteiger partial charge < -0.3 is 0 Å². The Labute approximate surface area is 107 Å². The first-order valence-electron chi connectivity index (χ1n) is 5.21. The van der Waals surface area contributed by atoms with E-state index in [1.165, 1.54) is 46.9 Å². The number of hydrogen-bond donors (Lipinski definition) is 0. The van der Waals surface area contributed by atoms with Gasteiger partial charge in [0.25, 0.3) is 0 Å². The summed E-state index contributed by atoms with van der Waals surface area (Å²) in [5.41, 5.74) is -0.144. The summed E-state index contributed by atoms with van der Waals surface area (Å²) < 4.78 is 28.6. The number of nitriles is 1. The summed E-state index contributed by atoms with van der Waals surface area (Å²) in [6.45, 7) is 0. The van der Waals surface area contributed by atoms with Crippen LogP contribution in [0.5, 0.6) is 0 Å². The van der Waals surface area contributed by atoms with E-state index in [0.717, 1.165) is 0 Å². The van der Waals surface area contributed by atoms with Gasteiger partial charge in [-0.2, -0.15) is 5.26 Å². The number of para-hydroxylation sites is 1. The van der Waals surface area contributed by atoms with Crippen LogP contribution in [0, 0.1) is 23.0 Å². The van der Waals surface area contributed by atoms with Gasteiger partial charge in [-0.3, -0.25) is 4.57 Å². The SMILES string of the molecule is N#CCCSc1nccn1-c1c(F)cccc1F. The Hall–Kier alpha value is -1.87. The number of thioether (sulfide) groups is 1. The Balaban J connectivity index is 2.34. The molecule has 0 aliphatic carbocycles. The molecule has 92 valence electrons. The lowest BCUT2D eigenvalue weighted by Gasteiger charge is -2.08. The van der Waals surface area contributed by atoms with Gasteiger partial charge in [0.15, 0.2) is 5.16 Å². The number of aromatic nitrogens is 2. The zero-order valence-corrected chi connectivity index (χ0v) is 10.1. The second-order valence-corrected chi connectivity index (χ2v) is 4.47. The molecule has 0 spiro atoms. The second kappa shape index (κ2) is 5.65. The maximum atomic E-state index is 13.6. The molecule has 1 aromatic carbocycles. The first-order chi connectivity index (χ1) is 8.74. The largest absolute Gasteiger partial charge is 0.289 e. The van der Waals surface area contributed by atoms with E-state index in [4.69, 9.17) is 5.26 Å². The minimum absolute atomic E-state index is 0.144. The lowest BCUT2D eigenvalue weighted by Crippen LogP contribution is -2.02. The highest BCUT2D eigenvalue weighted by molar-refractivity contribution is 7.99. The third-order valence-corrected chi connectivity index (χ3v) is 3.20. The van der Waals surface area contributed by atoms with Crippen molar-refractivity contribution in [1.82, 2.24) is 9.55 Å². The summed E-state index contributed by atoms with van der Waals surface area (Å²) >= 11 is 1.29. The molecule has 0 bridgehead atoms. The monoisotopic (exact) mass is 265 g/mol.